The van der Waals surface area contributed by atoms with E-state index < -0.39 is 5.41 Å². The molecule has 0 N–H and O–H groups in total. The van der Waals surface area contributed by atoms with Gasteiger partial charge in [0.25, 0.3) is 0 Å². The topological polar surface area (TPSA) is 62.5 Å². The third-order valence-electron chi connectivity index (χ3n) is 9.87. The van der Waals surface area contributed by atoms with E-state index in [1.165, 1.54) is 38.9 Å². The minimum absolute atomic E-state index is 0.561. The first-order valence-electron chi connectivity index (χ1n) is 15.9. The summed E-state index contributed by atoms with van der Waals surface area (Å²) < 4.78 is 1.13. The Hall–Kier alpha value is -6.22. The Kier molecular flexibility index (Phi) is 5.69. The molecule has 4 nitrogen and oxygen atoms in total. The first kappa shape index (κ1) is 26.9. The van der Waals surface area contributed by atoms with Crippen molar-refractivity contribution in [3.63, 3.8) is 0 Å². The molecule has 0 aliphatic heterocycles. The van der Waals surface area contributed by atoms with Crippen LogP contribution in [0.25, 0.3) is 66.5 Å². The van der Waals surface area contributed by atoms with E-state index in [4.69, 9.17) is 15.0 Å². The lowest BCUT2D eigenvalue weighted by Gasteiger charge is -2.30. The fourth-order valence-corrected chi connectivity index (χ4v) is 8.81. The highest BCUT2D eigenvalue weighted by Crippen LogP contribution is 2.64. The van der Waals surface area contributed by atoms with E-state index in [1.54, 1.807) is 11.3 Å². The Morgan fingerprint density at radius 2 is 1.06 bits per heavy atom. The monoisotopic (exact) mass is 628 g/mol. The normalized spacial score (nSPS) is 15.1. The molecule has 0 saturated carbocycles. The van der Waals surface area contributed by atoms with Gasteiger partial charge in [-0.2, -0.15) is 5.26 Å². The fraction of sp³-hybridized carbons (Fsp3) is 0.0233. The average molecular weight is 629 g/mol. The number of hydrogen-bond donors (Lipinski definition) is 0. The molecule has 2 aromatic heterocycles. The molecule has 2 aliphatic rings. The predicted molar refractivity (Wildman–Crippen MR) is 193 cm³/mol. The maximum Gasteiger partial charge on any atom is 0.164 e. The van der Waals surface area contributed by atoms with E-state index in [9.17, 15) is 5.26 Å². The van der Waals surface area contributed by atoms with Gasteiger partial charge in [0.15, 0.2) is 17.5 Å². The molecule has 2 heterocycles. The number of nitrogens with zero attached hydrogens (tertiary/aromatic N) is 4. The fourth-order valence-electron chi connectivity index (χ4n) is 7.91. The first-order valence-corrected chi connectivity index (χ1v) is 16.8. The molecule has 1 spiro atoms. The van der Waals surface area contributed by atoms with Crippen LogP contribution in [0.1, 0.15) is 27.8 Å². The minimum atomic E-state index is -0.561. The van der Waals surface area contributed by atoms with Gasteiger partial charge in [0.2, 0.25) is 0 Å². The van der Waals surface area contributed by atoms with Crippen molar-refractivity contribution in [1.82, 2.24) is 15.0 Å². The van der Waals surface area contributed by atoms with Crippen molar-refractivity contribution in [3.05, 3.63) is 173 Å². The zero-order valence-corrected chi connectivity index (χ0v) is 26.4. The summed E-state index contributed by atoms with van der Waals surface area (Å²) >= 11 is 1.64. The Morgan fingerprint density at radius 3 is 1.73 bits per heavy atom. The van der Waals surface area contributed by atoms with Gasteiger partial charge in [-0.25, -0.2) is 15.0 Å². The smallest absolute Gasteiger partial charge is 0.164 e. The van der Waals surface area contributed by atoms with Crippen molar-refractivity contribution in [3.8, 4) is 62.5 Å². The van der Waals surface area contributed by atoms with Crippen LogP contribution < -0.4 is 0 Å². The molecule has 222 valence electrons. The highest BCUT2D eigenvalue weighted by molar-refractivity contribution is 7.17. The van der Waals surface area contributed by atoms with Crippen molar-refractivity contribution < 1.29 is 0 Å². The van der Waals surface area contributed by atoms with Crippen LogP contribution in [0.2, 0.25) is 0 Å². The lowest BCUT2D eigenvalue weighted by atomic mass is 9.70. The van der Waals surface area contributed by atoms with Crippen LogP contribution >= 0.6 is 11.3 Å². The van der Waals surface area contributed by atoms with Crippen molar-refractivity contribution in [1.29, 1.82) is 5.26 Å². The summed E-state index contributed by atoms with van der Waals surface area (Å²) in [7, 11) is 0. The Balaban J connectivity index is 1.28. The van der Waals surface area contributed by atoms with Gasteiger partial charge in [-0.05, 0) is 56.6 Å². The molecule has 1 unspecified atom stereocenters. The number of rotatable bonds is 3. The number of thiophene rings is 1. The van der Waals surface area contributed by atoms with E-state index in [-0.39, 0.29) is 0 Å². The second-order valence-corrected chi connectivity index (χ2v) is 13.2. The Labute approximate surface area is 281 Å². The van der Waals surface area contributed by atoms with Crippen LogP contribution in [0.4, 0.5) is 0 Å². The van der Waals surface area contributed by atoms with Gasteiger partial charge >= 0.3 is 0 Å². The standard InChI is InChI=1S/C43H24N4S/c44-24-29-25-48-37-22-21-35-39(38(29)37)32-16-8-10-18-34(32)43(35)33-17-9-7-15-30(33)31-20-19-28(23-36(31)43)42-46-40(26-11-3-1-4-12-26)45-41(47-42)27-13-5-2-6-14-27/h1-23,25H. The minimum Gasteiger partial charge on any atom is -0.208 e. The van der Waals surface area contributed by atoms with Gasteiger partial charge in [-0.15, -0.1) is 11.3 Å². The van der Waals surface area contributed by atoms with Crippen LogP contribution in [0.5, 0.6) is 0 Å². The third kappa shape index (κ3) is 3.61. The predicted octanol–water partition coefficient (Wildman–Crippen LogP) is 10.3. The van der Waals surface area contributed by atoms with Crippen LogP contribution in [-0.4, -0.2) is 15.0 Å². The molecule has 8 aromatic rings. The van der Waals surface area contributed by atoms with E-state index in [0.717, 1.165) is 37.9 Å². The van der Waals surface area contributed by atoms with Gasteiger partial charge in [-0.3, -0.25) is 0 Å². The van der Waals surface area contributed by atoms with Crippen LogP contribution in [0.3, 0.4) is 0 Å². The average Bonchev–Trinajstić information content (AvgIpc) is 3.81. The van der Waals surface area contributed by atoms with Crippen molar-refractivity contribution in [2.75, 3.05) is 0 Å². The number of hydrogen-bond acceptors (Lipinski definition) is 5. The molecular weight excluding hydrogens is 605 g/mol. The maximum atomic E-state index is 10.2. The van der Waals surface area contributed by atoms with Crippen molar-refractivity contribution in [2.45, 2.75) is 5.41 Å². The molecule has 0 bridgehead atoms. The Morgan fingerprint density at radius 1 is 0.500 bits per heavy atom. The SMILES string of the molecule is N#Cc1csc2ccc3c(c12)-c1ccccc1C31c2ccccc2-c2ccc(-c3nc(-c4ccccc4)nc(-c4ccccc4)n3)cc21. The quantitative estimate of drug-likeness (QED) is 0.195. The summed E-state index contributed by atoms with van der Waals surface area (Å²) in [5.41, 5.74) is 12.6. The number of benzene rings is 6. The van der Waals surface area contributed by atoms with Gasteiger partial charge in [-0.1, -0.05) is 127 Å². The van der Waals surface area contributed by atoms with Gasteiger partial charge < -0.3 is 0 Å². The largest absolute Gasteiger partial charge is 0.208 e. The number of aromatic nitrogens is 3. The van der Waals surface area contributed by atoms with Gasteiger partial charge in [0.1, 0.15) is 6.07 Å². The van der Waals surface area contributed by atoms with Crippen LogP contribution in [0.15, 0.2) is 145 Å². The highest BCUT2D eigenvalue weighted by Gasteiger charge is 2.52. The molecule has 10 rings (SSSR count). The first-order chi connectivity index (χ1) is 23.8. The molecule has 0 fully saturated rings. The zero-order valence-electron chi connectivity index (χ0n) is 25.6. The van der Waals surface area contributed by atoms with Crippen molar-refractivity contribution >= 4 is 21.4 Å². The van der Waals surface area contributed by atoms with Gasteiger partial charge in [0.05, 0.1) is 11.0 Å². The molecule has 0 amide bonds. The molecule has 1 atom stereocenters. The molecule has 5 heteroatoms. The molecule has 0 saturated heterocycles. The maximum absolute atomic E-state index is 10.2. The Bertz CT molecular complexity index is 2580. The summed E-state index contributed by atoms with van der Waals surface area (Å²) in [5.74, 6) is 1.90. The lowest BCUT2D eigenvalue weighted by Crippen LogP contribution is -2.25. The second-order valence-electron chi connectivity index (χ2n) is 12.3. The van der Waals surface area contributed by atoms with E-state index in [2.05, 4.69) is 84.9 Å². The molecule has 0 radical (unpaired) electrons. The van der Waals surface area contributed by atoms with E-state index >= 15 is 0 Å². The zero-order chi connectivity index (χ0) is 31.8. The number of nitriles is 1. The summed E-state index contributed by atoms with van der Waals surface area (Å²) in [6.45, 7) is 0. The lowest BCUT2D eigenvalue weighted by molar-refractivity contribution is 0.794. The summed E-state index contributed by atoms with van der Waals surface area (Å²) in [6.07, 6.45) is 0. The summed E-state index contributed by atoms with van der Waals surface area (Å²) in [6, 6.07) is 51.3. The molecular formula is C43H24N4S. The summed E-state index contributed by atoms with van der Waals surface area (Å²) in [5, 5.41) is 13.2. The molecule has 6 aromatic carbocycles. The number of fused-ring (bicyclic) bond motifs is 12. The second kappa shape index (κ2) is 10.1. The third-order valence-corrected chi connectivity index (χ3v) is 10.8. The van der Waals surface area contributed by atoms with Crippen LogP contribution in [-0.2, 0) is 5.41 Å². The van der Waals surface area contributed by atoms with E-state index in [1.807, 2.05) is 66.0 Å². The van der Waals surface area contributed by atoms with E-state index in [0.29, 0.717) is 17.5 Å². The van der Waals surface area contributed by atoms with Crippen LogP contribution in [0, 0.1) is 11.3 Å². The highest BCUT2D eigenvalue weighted by atomic mass is 32.1. The summed E-state index contributed by atoms with van der Waals surface area (Å²) in [4.78, 5) is 15.1. The van der Waals surface area contributed by atoms with Crippen molar-refractivity contribution in [2.24, 2.45) is 0 Å². The molecule has 2 aliphatic carbocycles. The molecule has 48 heavy (non-hydrogen) atoms. The van der Waals surface area contributed by atoms with Gasteiger partial charge in [0, 0.05) is 32.2 Å².